The first-order valence-electron chi connectivity index (χ1n) is 4.83. The Morgan fingerprint density at radius 1 is 1.50 bits per heavy atom. The minimum Gasteiger partial charge on any atom is -0.479 e. The van der Waals surface area contributed by atoms with Gasteiger partial charge in [0.2, 0.25) is 0 Å². The zero-order chi connectivity index (χ0) is 12.0. The van der Waals surface area contributed by atoms with Crippen LogP contribution in [0.5, 0.6) is 5.75 Å². The number of hydrogen-bond acceptors (Lipinski definition) is 3. The van der Waals surface area contributed by atoms with Crippen LogP contribution < -0.4 is 4.74 Å². The van der Waals surface area contributed by atoms with Gasteiger partial charge in [0.1, 0.15) is 12.4 Å². The van der Waals surface area contributed by atoms with E-state index >= 15 is 0 Å². The molecule has 0 aromatic heterocycles. The molecule has 0 amide bonds. The summed E-state index contributed by atoms with van der Waals surface area (Å²) in [5.74, 6) is 0.155. The van der Waals surface area contributed by atoms with Crippen molar-refractivity contribution in [3.63, 3.8) is 0 Å². The highest BCUT2D eigenvalue weighted by molar-refractivity contribution is 6.30. The first kappa shape index (κ1) is 12.6. The molecule has 1 aromatic rings. The van der Waals surface area contributed by atoms with Crippen LogP contribution in [0, 0.1) is 0 Å². The fourth-order valence-electron chi connectivity index (χ4n) is 1.02. The van der Waals surface area contributed by atoms with Crippen LogP contribution in [0.25, 0.3) is 0 Å². The third kappa shape index (κ3) is 3.95. The van der Waals surface area contributed by atoms with Gasteiger partial charge in [-0.2, -0.15) is 0 Å². The minimum absolute atomic E-state index is 0.188. The van der Waals surface area contributed by atoms with Gasteiger partial charge in [-0.25, -0.2) is 4.79 Å². The molecule has 1 rings (SSSR count). The normalized spacial score (nSPS) is 11.6. The molecule has 0 bridgehead atoms. The van der Waals surface area contributed by atoms with Gasteiger partial charge >= 0.3 is 5.97 Å². The second-order valence-electron chi connectivity index (χ2n) is 3.13. The largest absolute Gasteiger partial charge is 0.479 e. The van der Waals surface area contributed by atoms with Crippen molar-refractivity contribution in [2.45, 2.75) is 13.0 Å². The number of rotatable bonds is 5. The summed E-state index contributed by atoms with van der Waals surface area (Å²) in [7, 11) is 0. The van der Waals surface area contributed by atoms with Crippen LogP contribution in [0.4, 0.5) is 0 Å². The summed E-state index contributed by atoms with van der Waals surface area (Å²) < 4.78 is 10.2. The Balaban J connectivity index is 2.50. The molecule has 0 saturated carbocycles. The monoisotopic (exact) mass is 240 g/mol. The molecule has 86 valence electrons. The van der Waals surface area contributed by atoms with Crippen LogP contribution in [0.1, 0.15) is 6.92 Å². The van der Waals surface area contributed by atoms with E-state index in [-0.39, 0.29) is 6.61 Å². The molecule has 0 fully saturated rings. The molecular formula is C12H13ClO3. The Morgan fingerprint density at radius 3 is 2.69 bits per heavy atom. The third-order valence-corrected chi connectivity index (χ3v) is 2.05. The number of hydrogen-bond donors (Lipinski definition) is 0. The van der Waals surface area contributed by atoms with Crippen LogP contribution in [-0.2, 0) is 9.53 Å². The minimum atomic E-state index is -0.652. The Labute approximate surface area is 99.6 Å². The second kappa shape index (κ2) is 6.18. The average molecular weight is 241 g/mol. The van der Waals surface area contributed by atoms with E-state index in [0.29, 0.717) is 10.8 Å². The molecule has 0 N–H and O–H groups in total. The van der Waals surface area contributed by atoms with Gasteiger partial charge in [0.25, 0.3) is 0 Å². The lowest BCUT2D eigenvalue weighted by Gasteiger charge is -2.13. The number of carbonyl (C=O) groups excluding carboxylic acids is 1. The average Bonchev–Trinajstić information content (AvgIpc) is 2.29. The molecule has 1 atom stereocenters. The van der Waals surface area contributed by atoms with E-state index in [9.17, 15) is 4.79 Å². The number of esters is 1. The fraction of sp³-hybridized carbons (Fsp3) is 0.250. The van der Waals surface area contributed by atoms with Crippen LogP contribution >= 0.6 is 11.6 Å². The number of benzene rings is 1. The maximum Gasteiger partial charge on any atom is 0.347 e. The van der Waals surface area contributed by atoms with Crippen LogP contribution in [0.3, 0.4) is 0 Å². The summed E-state index contributed by atoms with van der Waals surface area (Å²) >= 11 is 5.72. The zero-order valence-corrected chi connectivity index (χ0v) is 9.74. The SMILES string of the molecule is C=CCOC(=O)C(C)Oc1ccc(Cl)cc1. The topological polar surface area (TPSA) is 35.5 Å². The Kier molecular flexibility index (Phi) is 4.86. The fourth-order valence-corrected chi connectivity index (χ4v) is 1.15. The van der Waals surface area contributed by atoms with Crippen molar-refractivity contribution in [1.82, 2.24) is 0 Å². The molecular weight excluding hydrogens is 228 g/mol. The molecule has 0 aliphatic carbocycles. The van der Waals surface area contributed by atoms with Crippen molar-refractivity contribution in [3.8, 4) is 5.75 Å². The summed E-state index contributed by atoms with van der Waals surface area (Å²) in [6, 6.07) is 6.77. The highest BCUT2D eigenvalue weighted by Gasteiger charge is 2.15. The van der Waals surface area contributed by atoms with Crippen molar-refractivity contribution in [3.05, 3.63) is 41.9 Å². The summed E-state index contributed by atoms with van der Waals surface area (Å²) in [6.45, 7) is 5.27. The van der Waals surface area contributed by atoms with Gasteiger partial charge in [0.15, 0.2) is 6.10 Å². The molecule has 0 radical (unpaired) electrons. The molecule has 0 spiro atoms. The Hall–Kier alpha value is -1.48. The molecule has 0 aliphatic rings. The predicted molar refractivity (Wildman–Crippen MR) is 62.7 cm³/mol. The van der Waals surface area contributed by atoms with Gasteiger partial charge in [-0.15, -0.1) is 0 Å². The zero-order valence-electron chi connectivity index (χ0n) is 8.98. The molecule has 3 nitrogen and oxygen atoms in total. The lowest BCUT2D eigenvalue weighted by Crippen LogP contribution is -2.26. The van der Waals surface area contributed by atoms with Gasteiger partial charge in [0, 0.05) is 5.02 Å². The smallest absolute Gasteiger partial charge is 0.347 e. The van der Waals surface area contributed by atoms with E-state index in [2.05, 4.69) is 6.58 Å². The molecule has 0 saturated heterocycles. The van der Waals surface area contributed by atoms with Crippen molar-refractivity contribution in [1.29, 1.82) is 0 Å². The molecule has 0 heterocycles. The number of ether oxygens (including phenoxy) is 2. The third-order valence-electron chi connectivity index (χ3n) is 1.80. The molecule has 0 aliphatic heterocycles. The summed E-state index contributed by atoms with van der Waals surface area (Å²) in [5.41, 5.74) is 0. The van der Waals surface area contributed by atoms with Gasteiger partial charge in [-0.1, -0.05) is 24.3 Å². The molecule has 1 aromatic carbocycles. The maximum absolute atomic E-state index is 11.4. The lowest BCUT2D eigenvalue weighted by atomic mass is 10.3. The molecule has 16 heavy (non-hydrogen) atoms. The second-order valence-corrected chi connectivity index (χ2v) is 3.57. The summed E-state index contributed by atoms with van der Waals surface area (Å²) in [6.07, 6.45) is 0.855. The van der Waals surface area contributed by atoms with Crippen LogP contribution in [0.2, 0.25) is 5.02 Å². The van der Waals surface area contributed by atoms with E-state index < -0.39 is 12.1 Å². The highest BCUT2D eigenvalue weighted by Crippen LogP contribution is 2.16. The Bertz CT molecular complexity index is 359. The van der Waals surface area contributed by atoms with Gasteiger partial charge < -0.3 is 9.47 Å². The first-order chi connectivity index (χ1) is 7.63. The van der Waals surface area contributed by atoms with E-state index in [1.165, 1.54) is 6.08 Å². The standard InChI is InChI=1S/C12H13ClO3/c1-3-8-15-12(14)9(2)16-11-6-4-10(13)5-7-11/h3-7,9H,1,8H2,2H3. The van der Waals surface area contributed by atoms with Gasteiger partial charge in [0.05, 0.1) is 0 Å². The molecule has 1 unspecified atom stereocenters. The first-order valence-corrected chi connectivity index (χ1v) is 5.21. The predicted octanol–water partition coefficient (Wildman–Crippen LogP) is 2.84. The number of halogens is 1. The maximum atomic E-state index is 11.4. The quantitative estimate of drug-likeness (QED) is 0.587. The van der Waals surface area contributed by atoms with E-state index in [0.717, 1.165) is 0 Å². The van der Waals surface area contributed by atoms with Crippen molar-refractivity contribution < 1.29 is 14.3 Å². The Morgan fingerprint density at radius 2 is 2.12 bits per heavy atom. The lowest BCUT2D eigenvalue weighted by molar-refractivity contribution is -0.149. The van der Waals surface area contributed by atoms with Gasteiger partial charge in [-0.3, -0.25) is 0 Å². The van der Waals surface area contributed by atoms with Crippen LogP contribution in [0.15, 0.2) is 36.9 Å². The van der Waals surface area contributed by atoms with Crippen molar-refractivity contribution >= 4 is 17.6 Å². The summed E-state index contributed by atoms with van der Waals surface area (Å²) in [4.78, 5) is 11.4. The number of carbonyl (C=O) groups is 1. The van der Waals surface area contributed by atoms with E-state index in [1.807, 2.05) is 0 Å². The van der Waals surface area contributed by atoms with Crippen molar-refractivity contribution in [2.75, 3.05) is 6.61 Å². The molecule has 4 heteroatoms. The van der Waals surface area contributed by atoms with Gasteiger partial charge in [-0.05, 0) is 31.2 Å². The van der Waals surface area contributed by atoms with Crippen LogP contribution in [-0.4, -0.2) is 18.7 Å². The van der Waals surface area contributed by atoms with E-state index in [1.54, 1.807) is 31.2 Å². The highest BCUT2D eigenvalue weighted by atomic mass is 35.5. The van der Waals surface area contributed by atoms with Crippen molar-refractivity contribution in [2.24, 2.45) is 0 Å². The van der Waals surface area contributed by atoms with E-state index in [4.69, 9.17) is 21.1 Å². The summed E-state index contributed by atoms with van der Waals surface area (Å²) in [5, 5.41) is 0.620.